The molecular weight excluding hydrogens is 288 g/mol. The Morgan fingerprint density at radius 3 is 0.958 bits per heavy atom. The van der Waals surface area contributed by atoms with Gasteiger partial charge in [-0.05, 0) is 5.92 Å². The summed E-state index contributed by atoms with van der Waals surface area (Å²) in [4.78, 5) is 0. The molecule has 0 amide bonds. The van der Waals surface area contributed by atoms with Gasteiger partial charge >= 0.3 is 0 Å². The second-order valence-corrected chi connectivity index (χ2v) is 8.05. The monoisotopic (exact) mass is 336 g/mol. The Labute approximate surface area is 155 Å². The van der Waals surface area contributed by atoms with Crippen molar-refractivity contribution in [3.63, 3.8) is 0 Å². The SMILES string of the molecule is [CH2]CCCCCCCCCCCCCC(C)CCCCCCC[CH2]. The first-order valence-corrected chi connectivity index (χ1v) is 11.4. The van der Waals surface area contributed by atoms with Crippen LogP contribution in [0.1, 0.15) is 135 Å². The molecule has 0 aliphatic heterocycles. The molecule has 0 rings (SSSR count). The average Bonchev–Trinajstić information content (AvgIpc) is 2.59. The summed E-state index contributed by atoms with van der Waals surface area (Å²) in [5.41, 5.74) is 0. The highest BCUT2D eigenvalue weighted by atomic mass is 14.1. The Morgan fingerprint density at radius 1 is 0.417 bits per heavy atom. The van der Waals surface area contributed by atoms with Crippen molar-refractivity contribution in [1.29, 1.82) is 0 Å². The van der Waals surface area contributed by atoms with Gasteiger partial charge in [-0.2, -0.15) is 0 Å². The van der Waals surface area contributed by atoms with Gasteiger partial charge in [0.15, 0.2) is 0 Å². The van der Waals surface area contributed by atoms with Crippen LogP contribution in [0.15, 0.2) is 0 Å². The van der Waals surface area contributed by atoms with Crippen LogP contribution < -0.4 is 0 Å². The van der Waals surface area contributed by atoms with E-state index in [1.807, 2.05) is 0 Å². The summed E-state index contributed by atoms with van der Waals surface area (Å²) in [6, 6.07) is 0. The molecule has 0 heterocycles. The van der Waals surface area contributed by atoms with E-state index in [2.05, 4.69) is 20.8 Å². The number of rotatable bonds is 20. The third-order valence-electron chi connectivity index (χ3n) is 5.39. The summed E-state index contributed by atoms with van der Waals surface area (Å²) >= 11 is 0. The van der Waals surface area contributed by atoms with Gasteiger partial charge in [-0.1, -0.05) is 149 Å². The van der Waals surface area contributed by atoms with Crippen LogP contribution in [0.4, 0.5) is 0 Å². The van der Waals surface area contributed by atoms with Crippen molar-refractivity contribution < 1.29 is 0 Å². The van der Waals surface area contributed by atoms with Crippen LogP contribution in [0.25, 0.3) is 0 Å². The highest BCUT2D eigenvalue weighted by molar-refractivity contribution is 4.56. The number of unbranched alkanes of at least 4 members (excludes halogenated alkanes) is 16. The van der Waals surface area contributed by atoms with Gasteiger partial charge in [0.1, 0.15) is 0 Å². The maximum Gasteiger partial charge on any atom is -0.0443 e. The lowest BCUT2D eigenvalue weighted by atomic mass is 9.96. The molecule has 0 aromatic heterocycles. The van der Waals surface area contributed by atoms with Gasteiger partial charge < -0.3 is 0 Å². The Hall–Kier alpha value is 0. The van der Waals surface area contributed by atoms with E-state index in [4.69, 9.17) is 0 Å². The zero-order valence-corrected chi connectivity index (χ0v) is 17.1. The predicted molar refractivity (Wildman–Crippen MR) is 112 cm³/mol. The molecule has 1 atom stereocenters. The van der Waals surface area contributed by atoms with Gasteiger partial charge in [0.25, 0.3) is 0 Å². The Kier molecular flexibility index (Phi) is 21.0. The normalized spacial score (nSPS) is 12.6. The van der Waals surface area contributed by atoms with Gasteiger partial charge in [0, 0.05) is 0 Å². The molecule has 0 aromatic carbocycles. The molecule has 0 spiro atoms. The summed E-state index contributed by atoms with van der Waals surface area (Å²) in [7, 11) is 0. The van der Waals surface area contributed by atoms with Crippen LogP contribution in [-0.4, -0.2) is 0 Å². The minimum Gasteiger partial charge on any atom is -0.0625 e. The van der Waals surface area contributed by atoms with Crippen LogP contribution in [-0.2, 0) is 0 Å². The lowest BCUT2D eigenvalue weighted by molar-refractivity contribution is 0.431. The lowest BCUT2D eigenvalue weighted by Crippen LogP contribution is -1.95. The van der Waals surface area contributed by atoms with E-state index in [1.54, 1.807) is 0 Å². The molecule has 0 saturated carbocycles. The fraction of sp³-hybridized carbons (Fsp3) is 0.917. The molecule has 0 nitrogen and oxygen atoms in total. The number of hydrogen-bond acceptors (Lipinski definition) is 0. The fourth-order valence-electron chi connectivity index (χ4n) is 3.60. The summed E-state index contributed by atoms with van der Waals surface area (Å²) in [5, 5.41) is 0. The van der Waals surface area contributed by atoms with E-state index in [0.29, 0.717) is 0 Å². The zero-order chi connectivity index (χ0) is 17.7. The van der Waals surface area contributed by atoms with Crippen molar-refractivity contribution in [2.24, 2.45) is 5.92 Å². The van der Waals surface area contributed by atoms with Crippen LogP contribution in [0.3, 0.4) is 0 Å². The second kappa shape index (κ2) is 21.0. The molecule has 0 bridgehead atoms. The zero-order valence-electron chi connectivity index (χ0n) is 17.1. The summed E-state index contributed by atoms with van der Waals surface area (Å²) < 4.78 is 0. The van der Waals surface area contributed by atoms with E-state index < -0.39 is 0 Å². The smallest absolute Gasteiger partial charge is 0.0443 e. The molecule has 0 saturated heterocycles. The molecule has 2 radical (unpaired) electrons. The summed E-state index contributed by atoms with van der Waals surface area (Å²) in [6.07, 6.45) is 28.1. The molecule has 0 aliphatic rings. The Balaban J connectivity index is 3.10. The molecule has 0 fully saturated rings. The van der Waals surface area contributed by atoms with Gasteiger partial charge in [0.2, 0.25) is 0 Å². The minimum absolute atomic E-state index is 0.955. The van der Waals surface area contributed by atoms with E-state index >= 15 is 0 Å². The van der Waals surface area contributed by atoms with Crippen LogP contribution >= 0.6 is 0 Å². The van der Waals surface area contributed by atoms with Gasteiger partial charge in [0.05, 0.1) is 0 Å². The first-order chi connectivity index (χ1) is 11.8. The third-order valence-corrected chi connectivity index (χ3v) is 5.39. The summed E-state index contributed by atoms with van der Waals surface area (Å²) in [6.45, 7) is 10.3. The highest BCUT2D eigenvalue weighted by Gasteiger charge is 2.02. The lowest BCUT2D eigenvalue weighted by Gasteiger charge is -2.11. The van der Waals surface area contributed by atoms with Gasteiger partial charge in [-0.15, -0.1) is 0 Å². The van der Waals surface area contributed by atoms with E-state index in [-0.39, 0.29) is 0 Å². The van der Waals surface area contributed by atoms with Gasteiger partial charge in [-0.25, -0.2) is 0 Å². The van der Waals surface area contributed by atoms with Crippen LogP contribution in [0.2, 0.25) is 0 Å². The largest absolute Gasteiger partial charge is 0.0625 e. The van der Waals surface area contributed by atoms with Crippen molar-refractivity contribution in [1.82, 2.24) is 0 Å². The first kappa shape index (κ1) is 24.0. The predicted octanol–water partition coefficient (Wildman–Crippen LogP) is 9.09. The molecule has 0 N–H and O–H groups in total. The van der Waals surface area contributed by atoms with Gasteiger partial charge in [-0.3, -0.25) is 0 Å². The molecule has 24 heavy (non-hydrogen) atoms. The second-order valence-electron chi connectivity index (χ2n) is 8.05. The molecule has 1 unspecified atom stereocenters. The maximum absolute atomic E-state index is 3.91. The fourth-order valence-corrected chi connectivity index (χ4v) is 3.60. The third kappa shape index (κ3) is 20.0. The van der Waals surface area contributed by atoms with Crippen molar-refractivity contribution in [3.8, 4) is 0 Å². The summed E-state index contributed by atoms with van der Waals surface area (Å²) in [5.74, 6) is 0.955. The number of hydrogen-bond donors (Lipinski definition) is 0. The molecule has 0 aromatic rings. The van der Waals surface area contributed by atoms with Crippen LogP contribution in [0.5, 0.6) is 0 Å². The van der Waals surface area contributed by atoms with Crippen molar-refractivity contribution in [3.05, 3.63) is 13.8 Å². The molecule has 144 valence electrons. The Bertz CT molecular complexity index is 208. The van der Waals surface area contributed by atoms with Crippen molar-refractivity contribution >= 4 is 0 Å². The topological polar surface area (TPSA) is 0 Å². The quantitative estimate of drug-likeness (QED) is 0.194. The van der Waals surface area contributed by atoms with E-state index in [1.165, 1.54) is 116 Å². The molecule has 0 heteroatoms. The minimum atomic E-state index is 0.955. The highest BCUT2D eigenvalue weighted by Crippen LogP contribution is 2.18. The molecule has 0 aliphatic carbocycles. The maximum atomic E-state index is 3.91. The average molecular weight is 337 g/mol. The first-order valence-electron chi connectivity index (χ1n) is 11.4. The van der Waals surface area contributed by atoms with Crippen LogP contribution in [0, 0.1) is 19.8 Å². The standard InChI is InChI=1S/C24H48/c1-4-6-8-10-12-13-14-15-16-17-19-21-23-24(3)22-20-18-11-9-7-5-2/h24H,1-2,4-23H2,3H3. The Morgan fingerprint density at radius 2 is 0.667 bits per heavy atom. The van der Waals surface area contributed by atoms with E-state index in [0.717, 1.165) is 18.8 Å². The molecular formula is C24H48. The van der Waals surface area contributed by atoms with E-state index in [9.17, 15) is 0 Å². The van der Waals surface area contributed by atoms with Crippen molar-refractivity contribution in [2.75, 3.05) is 0 Å². The van der Waals surface area contributed by atoms with Crippen molar-refractivity contribution in [2.45, 2.75) is 135 Å².